The Morgan fingerprint density at radius 3 is 2.36 bits per heavy atom. The van der Waals surface area contributed by atoms with E-state index in [2.05, 4.69) is 9.97 Å². The molecule has 74 valence electrons. The van der Waals surface area contributed by atoms with Gasteiger partial charge in [0.15, 0.2) is 10.9 Å². The van der Waals surface area contributed by atoms with Gasteiger partial charge >= 0.3 is 0 Å². The van der Waals surface area contributed by atoms with Crippen LogP contribution in [-0.4, -0.2) is 20.9 Å². The zero-order valence-electron chi connectivity index (χ0n) is 7.89. The summed E-state index contributed by atoms with van der Waals surface area (Å²) in [6.45, 7) is 2.86. The molecular formula is C9H10N2O2S. The fraction of sp³-hybridized carbons (Fsp3) is 0.222. The van der Waals surface area contributed by atoms with Crippen LogP contribution in [0.25, 0.3) is 0 Å². The Hall–Kier alpha value is -1.36. The standard InChI is InChI=1S/C9H10N2O2S/c1-6(12)8(7(2)13)14-9-10-4-3-5-11-9/h3-5,12H,1-2H3/b8-6-. The van der Waals surface area contributed by atoms with Crippen LogP contribution >= 0.6 is 11.8 Å². The van der Waals surface area contributed by atoms with Crippen molar-refractivity contribution in [3.05, 3.63) is 29.1 Å². The molecule has 0 aliphatic heterocycles. The summed E-state index contributed by atoms with van der Waals surface area (Å²) >= 11 is 1.06. The molecule has 0 aliphatic carbocycles. The maximum Gasteiger partial charge on any atom is 0.192 e. The first kappa shape index (κ1) is 10.7. The van der Waals surface area contributed by atoms with Crippen molar-refractivity contribution in [3.8, 4) is 0 Å². The van der Waals surface area contributed by atoms with E-state index in [1.807, 2.05) is 0 Å². The van der Waals surface area contributed by atoms with E-state index >= 15 is 0 Å². The largest absolute Gasteiger partial charge is 0.511 e. The number of ketones is 1. The summed E-state index contributed by atoms with van der Waals surface area (Å²) in [5.41, 5.74) is 0. The summed E-state index contributed by atoms with van der Waals surface area (Å²) in [7, 11) is 0. The number of nitrogens with zero attached hydrogens (tertiary/aromatic N) is 2. The highest BCUT2D eigenvalue weighted by Gasteiger charge is 2.11. The van der Waals surface area contributed by atoms with Gasteiger partial charge in [0.2, 0.25) is 0 Å². The van der Waals surface area contributed by atoms with Crippen molar-refractivity contribution in [1.29, 1.82) is 0 Å². The number of rotatable bonds is 3. The number of hydrogen-bond donors (Lipinski definition) is 1. The molecule has 0 saturated heterocycles. The van der Waals surface area contributed by atoms with Crippen LogP contribution in [-0.2, 0) is 4.79 Å². The molecule has 4 nitrogen and oxygen atoms in total. The first-order valence-corrected chi connectivity index (χ1v) is 4.78. The molecule has 0 atom stereocenters. The number of Topliss-reactive ketones (excluding diaryl/α,β-unsaturated/α-hetero) is 1. The van der Waals surface area contributed by atoms with E-state index in [0.29, 0.717) is 5.16 Å². The van der Waals surface area contributed by atoms with E-state index in [1.165, 1.54) is 13.8 Å². The molecule has 1 aromatic heterocycles. The Morgan fingerprint density at radius 1 is 1.36 bits per heavy atom. The number of aromatic nitrogens is 2. The highest BCUT2D eigenvalue weighted by molar-refractivity contribution is 8.03. The summed E-state index contributed by atoms with van der Waals surface area (Å²) in [4.78, 5) is 19.2. The fourth-order valence-electron chi connectivity index (χ4n) is 0.830. The third-order valence-corrected chi connectivity index (χ3v) is 2.56. The second-order valence-corrected chi connectivity index (χ2v) is 3.58. The summed E-state index contributed by atoms with van der Waals surface area (Å²) in [6, 6.07) is 1.69. The van der Waals surface area contributed by atoms with E-state index < -0.39 is 0 Å². The van der Waals surface area contributed by atoms with Crippen molar-refractivity contribution in [2.24, 2.45) is 0 Å². The van der Waals surface area contributed by atoms with Gasteiger partial charge in [-0.2, -0.15) is 0 Å². The van der Waals surface area contributed by atoms with Gasteiger partial charge < -0.3 is 5.11 Å². The van der Waals surface area contributed by atoms with Crippen LogP contribution < -0.4 is 0 Å². The summed E-state index contributed by atoms with van der Waals surface area (Å²) in [5.74, 6) is -0.197. The minimum atomic E-state index is -0.192. The van der Waals surface area contributed by atoms with Crippen LogP contribution in [0.2, 0.25) is 0 Å². The average Bonchev–Trinajstić information content (AvgIpc) is 2.15. The Bertz CT molecular complexity index is 358. The molecule has 14 heavy (non-hydrogen) atoms. The lowest BCUT2D eigenvalue weighted by molar-refractivity contribution is -0.113. The summed E-state index contributed by atoms with van der Waals surface area (Å²) < 4.78 is 0. The van der Waals surface area contributed by atoms with E-state index in [-0.39, 0.29) is 16.4 Å². The van der Waals surface area contributed by atoms with Gasteiger partial charge in [-0.3, -0.25) is 4.79 Å². The molecule has 0 aliphatic rings. The third-order valence-electron chi connectivity index (χ3n) is 1.38. The lowest BCUT2D eigenvalue weighted by Crippen LogP contribution is -1.97. The molecule has 5 heteroatoms. The highest BCUT2D eigenvalue weighted by Crippen LogP contribution is 2.25. The predicted octanol–water partition coefficient (Wildman–Crippen LogP) is 1.95. The average molecular weight is 210 g/mol. The second-order valence-electron chi connectivity index (χ2n) is 2.60. The van der Waals surface area contributed by atoms with Gasteiger partial charge in [0.25, 0.3) is 0 Å². The van der Waals surface area contributed by atoms with E-state index in [1.54, 1.807) is 18.5 Å². The van der Waals surface area contributed by atoms with Gasteiger partial charge in [0.05, 0.1) is 4.91 Å². The molecule has 0 radical (unpaired) electrons. The van der Waals surface area contributed by atoms with Crippen molar-refractivity contribution < 1.29 is 9.90 Å². The molecule has 0 bridgehead atoms. The zero-order chi connectivity index (χ0) is 10.6. The van der Waals surface area contributed by atoms with E-state index in [9.17, 15) is 9.90 Å². The first-order valence-electron chi connectivity index (χ1n) is 3.97. The first-order chi connectivity index (χ1) is 6.61. The Labute approximate surface area is 86.1 Å². The second kappa shape index (κ2) is 4.76. The number of thioether (sulfide) groups is 1. The van der Waals surface area contributed by atoms with Crippen molar-refractivity contribution in [1.82, 2.24) is 9.97 Å². The minimum absolute atomic E-state index is 0.00467. The molecule has 0 saturated carbocycles. The van der Waals surface area contributed by atoms with Gasteiger partial charge in [-0.25, -0.2) is 9.97 Å². The van der Waals surface area contributed by atoms with Crippen LogP contribution in [0, 0.1) is 0 Å². The molecule has 0 amide bonds. The van der Waals surface area contributed by atoms with Crippen molar-refractivity contribution in [2.45, 2.75) is 19.0 Å². The zero-order valence-corrected chi connectivity index (χ0v) is 8.71. The SMILES string of the molecule is CC(=O)/C(Sc1ncccn1)=C(\C)O. The predicted molar refractivity (Wildman–Crippen MR) is 53.9 cm³/mol. The number of aliphatic hydroxyl groups is 1. The molecule has 1 N–H and O–H groups in total. The number of carbonyl (C=O) groups is 1. The number of aliphatic hydroxyl groups excluding tert-OH is 1. The molecule has 1 heterocycles. The molecule has 1 aromatic rings. The van der Waals surface area contributed by atoms with Gasteiger partial charge in [-0.05, 0) is 31.7 Å². The number of hydrogen-bond acceptors (Lipinski definition) is 5. The molecule has 0 unspecified atom stereocenters. The van der Waals surface area contributed by atoms with Crippen molar-refractivity contribution in [2.75, 3.05) is 0 Å². The Balaban J connectivity index is 2.87. The Morgan fingerprint density at radius 2 is 1.93 bits per heavy atom. The third kappa shape index (κ3) is 2.85. The summed E-state index contributed by atoms with van der Waals surface area (Å²) in [5, 5.41) is 9.68. The van der Waals surface area contributed by atoms with Crippen LogP contribution in [0.15, 0.2) is 34.3 Å². The van der Waals surface area contributed by atoms with Crippen LogP contribution in [0.4, 0.5) is 0 Å². The fourth-order valence-corrected chi connectivity index (χ4v) is 1.53. The minimum Gasteiger partial charge on any atom is -0.511 e. The number of allylic oxidation sites excluding steroid dienone is 2. The Kier molecular flexibility index (Phi) is 3.64. The van der Waals surface area contributed by atoms with Gasteiger partial charge in [-0.15, -0.1) is 0 Å². The van der Waals surface area contributed by atoms with Crippen molar-refractivity contribution in [3.63, 3.8) is 0 Å². The van der Waals surface area contributed by atoms with Gasteiger partial charge in [0.1, 0.15) is 5.76 Å². The maximum absolute atomic E-state index is 11.1. The number of carbonyl (C=O) groups excluding carboxylic acids is 1. The normalized spacial score (nSPS) is 12.1. The van der Waals surface area contributed by atoms with Crippen LogP contribution in [0.5, 0.6) is 0 Å². The van der Waals surface area contributed by atoms with Gasteiger partial charge in [-0.1, -0.05) is 0 Å². The lowest BCUT2D eigenvalue weighted by atomic mass is 10.4. The topological polar surface area (TPSA) is 63.1 Å². The van der Waals surface area contributed by atoms with Crippen LogP contribution in [0.3, 0.4) is 0 Å². The molecule has 0 fully saturated rings. The van der Waals surface area contributed by atoms with Crippen molar-refractivity contribution >= 4 is 17.5 Å². The maximum atomic E-state index is 11.1. The smallest absolute Gasteiger partial charge is 0.192 e. The van der Waals surface area contributed by atoms with E-state index in [0.717, 1.165) is 11.8 Å². The molecular weight excluding hydrogens is 200 g/mol. The molecule has 0 spiro atoms. The molecule has 0 aromatic carbocycles. The quantitative estimate of drug-likeness (QED) is 0.357. The van der Waals surface area contributed by atoms with Crippen LogP contribution in [0.1, 0.15) is 13.8 Å². The van der Waals surface area contributed by atoms with Gasteiger partial charge in [0, 0.05) is 12.4 Å². The highest BCUT2D eigenvalue weighted by atomic mass is 32.2. The lowest BCUT2D eigenvalue weighted by Gasteiger charge is -2.02. The monoisotopic (exact) mass is 210 g/mol. The summed E-state index contributed by atoms with van der Waals surface area (Å²) in [6.07, 6.45) is 3.17. The molecule has 1 rings (SSSR count). The van der Waals surface area contributed by atoms with E-state index in [4.69, 9.17) is 0 Å².